The summed E-state index contributed by atoms with van der Waals surface area (Å²) in [6.07, 6.45) is 0.619. The first kappa shape index (κ1) is 17.5. The predicted octanol–water partition coefficient (Wildman–Crippen LogP) is 2.30. The van der Waals surface area contributed by atoms with Gasteiger partial charge >= 0.3 is 5.97 Å². The molecule has 5 nitrogen and oxygen atoms in total. The van der Waals surface area contributed by atoms with Crippen molar-refractivity contribution in [2.75, 3.05) is 20.3 Å². The Bertz CT molecular complexity index is 417. The number of rotatable bonds is 10. The maximum Gasteiger partial charge on any atom is 0.320 e. The number of hydrogen-bond acceptors (Lipinski definition) is 4. The minimum atomic E-state index is -0.803. The van der Waals surface area contributed by atoms with Gasteiger partial charge in [0.05, 0.1) is 6.61 Å². The van der Waals surface area contributed by atoms with Crippen LogP contribution in [0.3, 0.4) is 0 Å². The highest BCUT2D eigenvalue weighted by atomic mass is 16.5. The summed E-state index contributed by atoms with van der Waals surface area (Å²) < 4.78 is 10.4. The SMILES string of the molecule is COCCOc1ccc(CN[C@H](CC(C)C)C(=O)O)cc1. The van der Waals surface area contributed by atoms with Crippen molar-refractivity contribution in [2.24, 2.45) is 5.92 Å². The van der Waals surface area contributed by atoms with Gasteiger partial charge in [-0.1, -0.05) is 26.0 Å². The van der Waals surface area contributed by atoms with Crippen LogP contribution in [0.1, 0.15) is 25.8 Å². The first-order valence-corrected chi connectivity index (χ1v) is 7.19. The van der Waals surface area contributed by atoms with Crippen molar-refractivity contribution in [3.8, 4) is 5.75 Å². The first-order valence-electron chi connectivity index (χ1n) is 7.19. The van der Waals surface area contributed by atoms with Crippen LogP contribution in [-0.4, -0.2) is 37.4 Å². The van der Waals surface area contributed by atoms with Gasteiger partial charge in [-0.25, -0.2) is 0 Å². The molecule has 21 heavy (non-hydrogen) atoms. The summed E-state index contributed by atoms with van der Waals surface area (Å²) in [5.74, 6) is 0.325. The molecule has 1 aromatic rings. The lowest BCUT2D eigenvalue weighted by Crippen LogP contribution is -2.37. The molecule has 0 unspecified atom stereocenters. The van der Waals surface area contributed by atoms with Crippen LogP contribution >= 0.6 is 0 Å². The topological polar surface area (TPSA) is 67.8 Å². The Kier molecular flexibility index (Phi) is 7.79. The van der Waals surface area contributed by atoms with Crippen molar-refractivity contribution in [1.82, 2.24) is 5.32 Å². The van der Waals surface area contributed by atoms with Gasteiger partial charge in [-0.2, -0.15) is 0 Å². The van der Waals surface area contributed by atoms with Crippen LogP contribution in [0.2, 0.25) is 0 Å². The molecule has 0 aromatic heterocycles. The highest BCUT2D eigenvalue weighted by molar-refractivity contribution is 5.73. The van der Waals surface area contributed by atoms with Gasteiger partial charge in [0, 0.05) is 13.7 Å². The fourth-order valence-electron chi connectivity index (χ4n) is 1.93. The van der Waals surface area contributed by atoms with Crippen LogP contribution in [-0.2, 0) is 16.1 Å². The number of methoxy groups -OCH3 is 1. The number of carboxylic acid groups (broad SMARTS) is 1. The third-order valence-corrected chi connectivity index (χ3v) is 3.04. The van der Waals surface area contributed by atoms with E-state index in [0.717, 1.165) is 11.3 Å². The Labute approximate surface area is 126 Å². The molecule has 0 fully saturated rings. The number of carboxylic acids is 1. The summed E-state index contributed by atoms with van der Waals surface area (Å²) >= 11 is 0. The van der Waals surface area contributed by atoms with E-state index in [4.69, 9.17) is 9.47 Å². The van der Waals surface area contributed by atoms with Gasteiger partial charge in [-0.05, 0) is 30.0 Å². The minimum Gasteiger partial charge on any atom is -0.491 e. The molecule has 0 aliphatic rings. The molecule has 0 saturated carbocycles. The maximum absolute atomic E-state index is 11.2. The summed E-state index contributed by atoms with van der Waals surface area (Å²) in [6, 6.07) is 7.12. The van der Waals surface area contributed by atoms with E-state index >= 15 is 0 Å². The van der Waals surface area contributed by atoms with E-state index in [-0.39, 0.29) is 0 Å². The number of hydrogen-bond donors (Lipinski definition) is 2. The van der Waals surface area contributed by atoms with Gasteiger partial charge in [0.1, 0.15) is 18.4 Å². The zero-order chi connectivity index (χ0) is 15.7. The zero-order valence-corrected chi connectivity index (χ0v) is 13.0. The van der Waals surface area contributed by atoms with Gasteiger partial charge in [0.2, 0.25) is 0 Å². The molecule has 0 bridgehead atoms. The number of nitrogens with one attached hydrogen (secondary N) is 1. The normalized spacial score (nSPS) is 12.4. The van der Waals surface area contributed by atoms with Gasteiger partial charge in [-0.15, -0.1) is 0 Å². The van der Waals surface area contributed by atoms with E-state index in [1.165, 1.54) is 0 Å². The van der Waals surface area contributed by atoms with Crippen LogP contribution in [0.4, 0.5) is 0 Å². The number of carbonyl (C=O) groups is 1. The molecule has 1 rings (SSSR count). The van der Waals surface area contributed by atoms with Crippen LogP contribution < -0.4 is 10.1 Å². The van der Waals surface area contributed by atoms with Crippen LogP contribution in [0.25, 0.3) is 0 Å². The predicted molar refractivity (Wildman–Crippen MR) is 81.5 cm³/mol. The Morgan fingerprint density at radius 3 is 2.43 bits per heavy atom. The molecule has 0 spiro atoms. The quantitative estimate of drug-likeness (QED) is 0.648. The number of ether oxygens (including phenoxy) is 2. The summed E-state index contributed by atoms with van der Waals surface area (Å²) in [5.41, 5.74) is 1.03. The second-order valence-corrected chi connectivity index (χ2v) is 5.39. The fourth-order valence-corrected chi connectivity index (χ4v) is 1.93. The Hall–Kier alpha value is -1.59. The summed E-state index contributed by atoms with van der Waals surface area (Å²) in [5, 5.41) is 12.2. The van der Waals surface area contributed by atoms with Gasteiger partial charge in [0.25, 0.3) is 0 Å². The van der Waals surface area contributed by atoms with Crippen LogP contribution in [0, 0.1) is 5.92 Å². The molecule has 0 amide bonds. The second-order valence-electron chi connectivity index (χ2n) is 5.39. The molecule has 0 heterocycles. The van der Waals surface area contributed by atoms with Crippen LogP contribution in [0.5, 0.6) is 5.75 Å². The lowest BCUT2D eigenvalue weighted by atomic mass is 10.0. The third kappa shape index (κ3) is 7.11. The fraction of sp³-hybridized carbons (Fsp3) is 0.562. The van der Waals surface area contributed by atoms with Crippen molar-refractivity contribution in [3.63, 3.8) is 0 Å². The molecule has 0 radical (unpaired) electrons. The average molecular weight is 295 g/mol. The summed E-state index contributed by atoms with van der Waals surface area (Å²) in [6.45, 7) is 5.64. The lowest BCUT2D eigenvalue weighted by molar-refractivity contribution is -0.140. The Morgan fingerprint density at radius 2 is 1.90 bits per heavy atom. The number of aliphatic carboxylic acids is 1. The standard InChI is InChI=1S/C16H25NO4/c1-12(2)10-15(16(18)19)17-11-13-4-6-14(7-5-13)21-9-8-20-3/h4-7,12,15,17H,8-11H2,1-3H3,(H,18,19)/t15-/m1/s1. The van der Waals surface area contributed by atoms with E-state index in [1.54, 1.807) is 7.11 Å². The van der Waals surface area contributed by atoms with Crippen LogP contribution in [0.15, 0.2) is 24.3 Å². The Morgan fingerprint density at radius 1 is 1.24 bits per heavy atom. The molecule has 2 N–H and O–H groups in total. The highest BCUT2D eigenvalue weighted by Crippen LogP contribution is 2.13. The summed E-state index contributed by atoms with van der Waals surface area (Å²) in [7, 11) is 1.63. The summed E-state index contributed by atoms with van der Waals surface area (Å²) in [4.78, 5) is 11.2. The average Bonchev–Trinajstić information content (AvgIpc) is 2.44. The Balaban J connectivity index is 2.45. The maximum atomic E-state index is 11.2. The monoisotopic (exact) mass is 295 g/mol. The molecule has 1 atom stereocenters. The van der Waals surface area contributed by atoms with Crippen molar-refractivity contribution in [1.29, 1.82) is 0 Å². The zero-order valence-electron chi connectivity index (χ0n) is 13.0. The van der Waals surface area contributed by atoms with E-state index in [2.05, 4.69) is 5.32 Å². The molecule has 0 aliphatic heterocycles. The molecule has 5 heteroatoms. The minimum absolute atomic E-state index is 0.343. The van der Waals surface area contributed by atoms with E-state index in [1.807, 2.05) is 38.1 Å². The molecule has 1 aromatic carbocycles. The highest BCUT2D eigenvalue weighted by Gasteiger charge is 2.17. The van der Waals surface area contributed by atoms with Crippen molar-refractivity contribution in [3.05, 3.63) is 29.8 Å². The number of benzene rings is 1. The van der Waals surface area contributed by atoms with Gasteiger partial charge < -0.3 is 19.9 Å². The van der Waals surface area contributed by atoms with Gasteiger partial charge in [-0.3, -0.25) is 4.79 Å². The van der Waals surface area contributed by atoms with Crippen molar-refractivity contribution in [2.45, 2.75) is 32.9 Å². The smallest absolute Gasteiger partial charge is 0.320 e. The molecule has 118 valence electrons. The molecular weight excluding hydrogens is 270 g/mol. The van der Waals surface area contributed by atoms with Crippen molar-refractivity contribution < 1.29 is 19.4 Å². The lowest BCUT2D eigenvalue weighted by Gasteiger charge is -2.16. The third-order valence-electron chi connectivity index (χ3n) is 3.04. The van der Waals surface area contributed by atoms with Crippen molar-refractivity contribution >= 4 is 5.97 Å². The molecule has 0 aliphatic carbocycles. The van der Waals surface area contributed by atoms with Gasteiger partial charge in [0.15, 0.2) is 0 Å². The first-order chi connectivity index (χ1) is 10.0. The van der Waals surface area contributed by atoms with E-state index in [9.17, 15) is 9.90 Å². The largest absolute Gasteiger partial charge is 0.491 e. The molecular formula is C16H25NO4. The van der Waals surface area contributed by atoms with E-state index in [0.29, 0.717) is 32.1 Å². The second kappa shape index (κ2) is 9.37. The van der Waals surface area contributed by atoms with E-state index < -0.39 is 12.0 Å². The molecule has 0 saturated heterocycles.